The number of carbonyl (C=O) groups is 1. The number of ether oxygens (including phenoxy) is 2. The van der Waals surface area contributed by atoms with Crippen molar-refractivity contribution in [3.8, 4) is 22.9 Å². The van der Waals surface area contributed by atoms with Crippen molar-refractivity contribution in [3.63, 3.8) is 0 Å². The van der Waals surface area contributed by atoms with E-state index in [1.165, 1.54) is 6.07 Å². The van der Waals surface area contributed by atoms with Gasteiger partial charge in [0.2, 0.25) is 11.8 Å². The number of halogens is 1. The smallest absolute Gasteiger partial charge is 0.224 e. The third-order valence-electron chi connectivity index (χ3n) is 5.24. The molecule has 2 aromatic rings. The van der Waals surface area contributed by atoms with Crippen molar-refractivity contribution in [1.29, 1.82) is 0 Å². The van der Waals surface area contributed by atoms with Gasteiger partial charge in [-0.15, -0.1) is 0 Å². The monoisotopic (exact) mass is 414 g/mol. The summed E-state index contributed by atoms with van der Waals surface area (Å²) < 4.78 is 26.6. The lowest BCUT2D eigenvalue weighted by Gasteiger charge is -2.28. The fourth-order valence-electron chi connectivity index (χ4n) is 3.40. The van der Waals surface area contributed by atoms with E-state index in [9.17, 15) is 9.18 Å². The highest BCUT2D eigenvalue weighted by Gasteiger charge is 2.20. The first kappa shape index (κ1) is 22.1. The molecule has 1 aliphatic rings. The first-order valence-corrected chi connectivity index (χ1v) is 11.0. The Morgan fingerprint density at radius 3 is 2.37 bits per heavy atom. The fraction of sp³-hybridized carbons (Fsp3) is 0.500. The van der Waals surface area contributed by atoms with Crippen molar-refractivity contribution in [2.45, 2.75) is 52.4 Å². The molecule has 0 radical (unpaired) electrons. The summed E-state index contributed by atoms with van der Waals surface area (Å²) in [5.41, 5.74) is 1.99. The first-order chi connectivity index (χ1) is 14.6. The quantitative estimate of drug-likeness (QED) is 0.486. The Morgan fingerprint density at radius 2 is 1.70 bits per heavy atom. The maximum absolute atomic E-state index is 14.9. The third-order valence-corrected chi connectivity index (χ3v) is 5.24. The molecular weight excluding hydrogens is 383 g/mol. The van der Waals surface area contributed by atoms with Crippen LogP contribution in [-0.2, 0) is 4.79 Å². The van der Waals surface area contributed by atoms with Gasteiger partial charge in [0.05, 0.1) is 18.9 Å². The average Bonchev–Trinajstić information content (AvgIpc) is 2.75. The molecule has 0 unspecified atom stereocenters. The van der Waals surface area contributed by atoms with Crippen LogP contribution in [0.2, 0.25) is 0 Å². The van der Waals surface area contributed by atoms with Crippen LogP contribution in [-0.4, -0.2) is 37.1 Å². The van der Waals surface area contributed by atoms with Crippen molar-refractivity contribution < 1.29 is 18.7 Å². The Bertz CT molecular complexity index is 846. The largest absolute Gasteiger partial charge is 0.478 e. The second kappa shape index (κ2) is 11.0. The molecule has 6 heteroatoms. The van der Waals surface area contributed by atoms with Gasteiger partial charge in [0.25, 0.3) is 0 Å². The predicted molar refractivity (Wildman–Crippen MR) is 117 cm³/mol. The summed E-state index contributed by atoms with van der Waals surface area (Å²) in [6.45, 7) is 6.50. The van der Waals surface area contributed by atoms with Crippen molar-refractivity contribution >= 4 is 11.5 Å². The number of rotatable bonds is 10. The number of benzene rings is 1. The summed E-state index contributed by atoms with van der Waals surface area (Å²) in [5, 5.41) is 0. The lowest BCUT2D eigenvalue weighted by atomic mass is 10.0. The lowest BCUT2D eigenvalue weighted by molar-refractivity contribution is -0.119. The minimum absolute atomic E-state index is 0.240. The SMILES string of the molecule is CCCCOc1ccc(-c2ccc(N3CCC(=O)CC3)c(F)c2)c(OCCCC)n1. The van der Waals surface area contributed by atoms with E-state index < -0.39 is 0 Å². The van der Waals surface area contributed by atoms with Crippen LogP contribution in [0.1, 0.15) is 52.4 Å². The van der Waals surface area contributed by atoms with Gasteiger partial charge in [-0.2, -0.15) is 4.98 Å². The maximum Gasteiger partial charge on any atom is 0.224 e. The minimum atomic E-state index is -0.301. The Kier molecular flexibility index (Phi) is 8.05. The molecule has 0 atom stereocenters. The zero-order valence-electron chi connectivity index (χ0n) is 18.0. The Balaban J connectivity index is 1.83. The van der Waals surface area contributed by atoms with E-state index in [4.69, 9.17) is 9.47 Å². The molecule has 5 nitrogen and oxygen atoms in total. The van der Waals surface area contributed by atoms with Crippen LogP contribution in [0.15, 0.2) is 30.3 Å². The van der Waals surface area contributed by atoms with Crippen molar-refractivity contribution in [3.05, 3.63) is 36.1 Å². The minimum Gasteiger partial charge on any atom is -0.478 e. The van der Waals surface area contributed by atoms with Gasteiger partial charge in [-0.3, -0.25) is 4.79 Å². The molecule has 0 bridgehead atoms. The van der Waals surface area contributed by atoms with E-state index in [0.717, 1.165) is 31.2 Å². The summed E-state index contributed by atoms with van der Waals surface area (Å²) in [6, 6.07) is 8.87. The Labute approximate surface area is 178 Å². The van der Waals surface area contributed by atoms with Gasteiger partial charge in [-0.1, -0.05) is 32.8 Å². The summed E-state index contributed by atoms with van der Waals surface area (Å²) in [4.78, 5) is 17.9. The van der Waals surface area contributed by atoms with Crippen LogP contribution in [0.4, 0.5) is 10.1 Å². The van der Waals surface area contributed by atoms with E-state index in [1.807, 2.05) is 17.0 Å². The van der Waals surface area contributed by atoms with Gasteiger partial charge in [-0.25, -0.2) is 4.39 Å². The van der Waals surface area contributed by atoms with Crippen molar-refractivity contribution in [2.75, 3.05) is 31.2 Å². The number of nitrogens with zero attached hydrogens (tertiary/aromatic N) is 2. The molecule has 1 saturated heterocycles. The molecule has 1 aromatic carbocycles. The van der Waals surface area contributed by atoms with Crippen molar-refractivity contribution in [2.24, 2.45) is 0 Å². The molecule has 0 spiro atoms. The van der Waals surface area contributed by atoms with Gasteiger partial charge in [0.15, 0.2) is 0 Å². The van der Waals surface area contributed by atoms with Crippen LogP contribution in [0.3, 0.4) is 0 Å². The number of carbonyl (C=O) groups excluding carboxylic acids is 1. The summed E-state index contributed by atoms with van der Waals surface area (Å²) in [6.07, 6.45) is 4.89. The summed E-state index contributed by atoms with van der Waals surface area (Å²) in [5.74, 6) is 0.927. The number of aromatic nitrogens is 1. The highest BCUT2D eigenvalue weighted by atomic mass is 19.1. The lowest BCUT2D eigenvalue weighted by Crippen LogP contribution is -2.34. The number of piperidine rings is 1. The molecule has 1 aliphatic heterocycles. The highest BCUT2D eigenvalue weighted by molar-refractivity contribution is 5.81. The molecule has 0 saturated carbocycles. The average molecular weight is 415 g/mol. The summed E-state index contributed by atoms with van der Waals surface area (Å²) in [7, 11) is 0. The topological polar surface area (TPSA) is 51.7 Å². The molecule has 162 valence electrons. The second-order valence-electron chi connectivity index (χ2n) is 7.60. The number of pyridine rings is 1. The van der Waals surface area contributed by atoms with E-state index in [1.54, 1.807) is 12.1 Å². The first-order valence-electron chi connectivity index (χ1n) is 11.0. The number of unbranched alkanes of at least 4 members (excludes halogenated alkanes) is 2. The normalized spacial score (nSPS) is 14.1. The highest BCUT2D eigenvalue weighted by Crippen LogP contribution is 2.34. The van der Waals surface area contributed by atoms with Crippen LogP contribution in [0, 0.1) is 5.82 Å². The Morgan fingerprint density at radius 1 is 1.00 bits per heavy atom. The van der Waals surface area contributed by atoms with E-state index in [-0.39, 0.29) is 11.6 Å². The molecule has 0 amide bonds. The van der Waals surface area contributed by atoms with Gasteiger partial charge in [-0.05, 0) is 36.6 Å². The third kappa shape index (κ3) is 5.71. The second-order valence-corrected chi connectivity index (χ2v) is 7.60. The van der Waals surface area contributed by atoms with Crippen molar-refractivity contribution in [1.82, 2.24) is 4.98 Å². The molecule has 2 heterocycles. The molecule has 1 fully saturated rings. The molecule has 30 heavy (non-hydrogen) atoms. The van der Waals surface area contributed by atoms with Crippen LogP contribution in [0.25, 0.3) is 11.1 Å². The number of hydrogen-bond acceptors (Lipinski definition) is 5. The molecule has 0 aliphatic carbocycles. The van der Waals surface area contributed by atoms with Crippen LogP contribution in [0.5, 0.6) is 11.8 Å². The Hall–Kier alpha value is -2.63. The molecule has 3 rings (SSSR count). The number of Topliss-reactive ketones (excluding diaryl/α,β-unsaturated/α-hetero) is 1. The van der Waals surface area contributed by atoms with E-state index in [0.29, 0.717) is 62.2 Å². The van der Waals surface area contributed by atoms with Crippen LogP contribution < -0.4 is 14.4 Å². The zero-order chi connectivity index (χ0) is 21.3. The van der Waals surface area contributed by atoms with Gasteiger partial charge < -0.3 is 14.4 Å². The number of ketones is 1. The number of anilines is 1. The van der Waals surface area contributed by atoms with E-state index >= 15 is 0 Å². The van der Waals surface area contributed by atoms with Crippen LogP contribution >= 0.6 is 0 Å². The van der Waals surface area contributed by atoms with Gasteiger partial charge in [0.1, 0.15) is 11.6 Å². The summed E-state index contributed by atoms with van der Waals surface area (Å²) >= 11 is 0. The molecule has 1 aromatic heterocycles. The predicted octanol–water partition coefficient (Wildman–Crippen LogP) is 5.41. The maximum atomic E-state index is 14.9. The van der Waals surface area contributed by atoms with E-state index in [2.05, 4.69) is 18.8 Å². The fourth-order valence-corrected chi connectivity index (χ4v) is 3.40. The standard InChI is InChI=1S/C24H31FN2O3/c1-3-5-15-29-23-10-8-20(24(26-23)30-16-6-4-2)18-7-9-22(21(25)17-18)27-13-11-19(28)12-14-27/h7-10,17H,3-6,11-16H2,1-2H3. The zero-order valence-corrected chi connectivity index (χ0v) is 18.0. The van der Waals surface area contributed by atoms with Gasteiger partial charge >= 0.3 is 0 Å². The number of hydrogen-bond donors (Lipinski definition) is 0. The molecular formula is C24H31FN2O3. The van der Waals surface area contributed by atoms with Gasteiger partial charge in [0, 0.05) is 37.6 Å². The molecule has 0 N–H and O–H groups in total.